The van der Waals surface area contributed by atoms with Crippen LogP contribution < -0.4 is 10.1 Å². The van der Waals surface area contributed by atoms with Gasteiger partial charge < -0.3 is 14.8 Å². The molecule has 4 heteroatoms. The molecule has 0 aromatic heterocycles. The Labute approximate surface area is 143 Å². The maximum atomic E-state index is 12.6. The summed E-state index contributed by atoms with van der Waals surface area (Å²) in [5.74, 6) is 0.540. The Morgan fingerprint density at radius 1 is 1.17 bits per heavy atom. The molecule has 0 bridgehead atoms. The predicted molar refractivity (Wildman–Crippen MR) is 95.3 cm³/mol. The molecule has 1 unspecified atom stereocenters. The van der Waals surface area contributed by atoms with Gasteiger partial charge in [0.1, 0.15) is 11.4 Å². The third-order valence-corrected chi connectivity index (χ3v) is 4.35. The summed E-state index contributed by atoms with van der Waals surface area (Å²) in [5.41, 5.74) is 0.969. The van der Waals surface area contributed by atoms with Crippen LogP contribution in [0.5, 0.6) is 5.75 Å². The number of benzene rings is 2. The van der Waals surface area contributed by atoms with Gasteiger partial charge in [0.05, 0.1) is 12.6 Å². The Balaban J connectivity index is 2.16. The predicted octanol–water partition coefficient (Wildman–Crippen LogP) is 3.77. The quantitative estimate of drug-likeness (QED) is 0.842. The standard InChI is InChI=1S/C20H25NO3/c1-5-24-18-13-9-10-16(14-18)19(22)21-15(2)20(3,23-4)17-11-7-6-8-12-17/h6-15H,5H2,1-4H3,(H,21,22)/t15-,20?/m0/s1. The van der Waals surface area contributed by atoms with Gasteiger partial charge >= 0.3 is 0 Å². The molecular weight excluding hydrogens is 302 g/mol. The molecule has 1 N–H and O–H groups in total. The van der Waals surface area contributed by atoms with Gasteiger partial charge in [-0.2, -0.15) is 0 Å². The van der Waals surface area contributed by atoms with Crippen LogP contribution in [0.15, 0.2) is 54.6 Å². The van der Waals surface area contributed by atoms with Crippen molar-refractivity contribution >= 4 is 5.91 Å². The topological polar surface area (TPSA) is 47.6 Å². The molecule has 0 spiro atoms. The van der Waals surface area contributed by atoms with Crippen LogP contribution in [0.25, 0.3) is 0 Å². The number of methoxy groups -OCH3 is 1. The van der Waals surface area contributed by atoms with E-state index in [-0.39, 0.29) is 11.9 Å². The molecule has 0 saturated heterocycles. The van der Waals surface area contributed by atoms with Crippen molar-refractivity contribution in [2.24, 2.45) is 0 Å². The van der Waals surface area contributed by atoms with E-state index in [1.165, 1.54) is 0 Å². The summed E-state index contributed by atoms with van der Waals surface area (Å²) < 4.78 is 11.2. The van der Waals surface area contributed by atoms with Gasteiger partial charge in [0.25, 0.3) is 5.91 Å². The fourth-order valence-corrected chi connectivity index (χ4v) is 2.63. The molecule has 24 heavy (non-hydrogen) atoms. The average molecular weight is 327 g/mol. The number of hydrogen-bond acceptors (Lipinski definition) is 3. The number of carbonyl (C=O) groups is 1. The summed E-state index contributed by atoms with van der Waals surface area (Å²) >= 11 is 0. The second-order valence-electron chi connectivity index (χ2n) is 5.83. The van der Waals surface area contributed by atoms with Crippen molar-refractivity contribution < 1.29 is 14.3 Å². The molecule has 128 valence electrons. The second-order valence-corrected chi connectivity index (χ2v) is 5.83. The molecule has 1 amide bonds. The number of amides is 1. The van der Waals surface area contributed by atoms with Crippen LogP contribution >= 0.6 is 0 Å². The Bertz CT molecular complexity index is 672. The number of hydrogen-bond donors (Lipinski definition) is 1. The van der Waals surface area contributed by atoms with E-state index in [0.717, 1.165) is 5.56 Å². The van der Waals surface area contributed by atoms with E-state index in [0.29, 0.717) is 17.9 Å². The highest BCUT2D eigenvalue weighted by atomic mass is 16.5. The Morgan fingerprint density at radius 3 is 2.50 bits per heavy atom. The van der Waals surface area contributed by atoms with E-state index in [1.807, 2.05) is 63.2 Å². The fraction of sp³-hybridized carbons (Fsp3) is 0.350. The number of rotatable bonds is 7. The molecule has 0 aliphatic heterocycles. The van der Waals surface area contributed by atoms with Crippen molar-refractivity contribution in [1.29, 1.82) is 0 Å². The highest BCUT2D eigenvalue weighted by molar-refractivity contribution is 5.94. The summed E-state index contributed by atoms with van der Waals surface area (Å²) in [5, 5.41) is 3.04. The largest absolute Gasteiger partial charge is 0.494 e. The van der Waals surface area contributed by atoms with Gasteiger partial charge in [0, 0.05) is 12.7 Å². The molecule has 0 aliphatic carbocycles. The van der Waals surface area contributed by atoms with Crippen molar-refractivity contribution in [1.82, 2.24) is 5.32 Å². The lowest BCUT2D eigenvalue weighted by molar-refractivity contribution is -0.0243. The first-order valence-corrected chi connectivity index (χ1v) is 8.15. The minimum atomic E-state index is -0.617. The van der Waals surface area contributed by atoms with Crippen LogP contribution in [-0.2, 0) is 10.3 Å². The van der Waals surface area contributed by atoms with E-state index in [9.17, 15) is 4.79 Å². The highest BCUT2D eigenvalue weighted by Gasteiger charge is 2.34. The summed E-state index contributed by atoms with van der Waals surface area (Å²) in [7, 11) is 1.66. The van der Waals surface area contributed by atoms with Gasteiger partial charge in [-0.15, -0.1) is 0 Å². The van der Waals surface area contributed by atoms with Crippen molar-refractivity contribution in [2.45, 2.75) is 32.4 Å². The molecule has 2 aromatic carbocycles. The lowest BCUT2D eigenvalue weighted by Gasteiger charge is -2.35. The molecule has 0 aliphatic rings. The molecule has 0 saturated carbocycles. The first kappa shape index (κ1) is 18.0. The lowest BCUT2D eigenvalue weighted by Crippen LogP contribution is -2.48. The number of ether oxygens (including phenoxy) is 2. The molecule has 2 atom stereocenters. The molecule has 0 radical (unpaired) electrons. The average Bonchev–Trinajstić information content (AvgIpc) is 2.62. The summed E-state index contributed by atoms with van der Waals surface area (Å²) in [4.78, 5) is 12.6. The third-order valence-electron chi connectivity index (χ3n) is 4.35. The smallest absolute Gasteiger partial charge is 0.251 e. The zero-order valence-electron chi connectivity index (χ0n) is 14.7. The van der Waals surface area contributed by atoms with Gasteiger partial charge in [-0.05, 0) is 44.5 Å². The van der Waals surface area contributed by atoms with Gasteiger partial charge in [-0.1, -0.05) is 36.4 Å². The van der Waals surface area contributed by atoms with Crippen molar-refractivity contribution in [3.05, 3.63) is 65.7 Å². The van der Waals surface area contributed by atoms with Crippen molar-refractivity contribution in [3.63, 3.8) is 0 Å². The van der Waals surface area contributed by atoms with Crippen LogP contribution in [0.2, 0.25) is 0 Å². The maximum absolute atomic E-state index is 12.6. The minimum Gasteiger partial charge on any atom is -0.494 e. The van der Waals surface area contributed by atoms with Crippen LogP contribution in [0.1, 0.15) is 36.7 Å². The van der Waals surface area contributed by atoms with Gasteiger partial charge in [-0.3, -0.25) is 4.79 Å². The summed E-state index contributed by atoms with van der Waals surface area (Å²) in [6.45, 7) is 6.40. The molecular formula is C20H25NO3. The summed E-state index contributed by atoms with van der Waals surface area (Å²) in [6, 6.07) is 16.9. The number of nitrogens with one attached hydrogen (secondary N) is 1. The zero-order valence-corrected chi connectivity index (χ0v) is 14.7. The van der Waals surface area contributed by atoms with E-state index < -0.39 is 5.60 Å². The van der Waals surface area contributed by atoms with Gasteiger partial charge in [0.15, 0.2) is 0 Å². The molecule has 2 aromatic rings. The highest BCUT2D eigenvalue weighted by Crippen LogP contribution is 2.28. The van der Waals surface area contributed by atoms with Crippen molar-refractivity contribution in [2.75, 3.05) is 13.7 Å². The first-order chi connectivity index (χ1) is 11.5. The minimum absolute atomic E-state index is 0.150. The Morgan fingerprint density at radius 2 is 1.88 bits per heavy atom. The van der Waals surface area contributed by atoms with E-state index in [1.54, 1.807) is 19.2 Å². The van der Waals surface area contributed by atoms with Crippen LogP contribution in [0.3, 0.4) is 0 Å². The van der Waals surface area contributed by atoms with Crippen molar-refractivity contribution in [3.8, 4) is 5.75 Å². The number of carbonyl (C=O) groups excluding carboxylic acids is 1. The monoisotopic (exact) mass is 327 g/mol. The van der Waals surface area contributed by atoms with Crippen LogP contribution in [0, 0.1) is 0 Å². The van der Waals surface area contributed by atoms with Gasteiger partial charge in [-0.25, -0.2) is 0 Å². The maximum Gasteiger partial charge on any atom is 0.251 e. The normalized spacial score (nSPS) is 14.5. The molecule has 0 fully saturated rings. The first-order valence-electron chi connectivity index (χ1n) is 8.15. The van der Waals surface area contributed by atoms with E-state index >= 15 is 0 Å². The van der Waals surface area contributed by atoms with Crippen LogP contribution in [-0.4, -0.2) is 25.7 Å². The van der Waals surface area contributed by atoms with E-state index in [2.05, 4.69) is 5.32 Å². The van der Waals surface area contributed by atoms with Gasteiger partial charge in [0.2, 0.25) is 0 Å². The zero-order chi connectivity index (χ0) is 17.6. The molecule has 2 rings (SSSR count). The Kier molecular flexibility index (Phi) is 5.99. The van der Waals surface area contributed by atoms with E-state index in [4.69, 9.17) is 9.47 Å². The van der Waals surface area contributed by atoms with Crippen LogP contribution in [0.4, 0.5) is 0 Å². The molecule has 4 nitrogen and oxygen atoms in total. The molecule has 0 heterocycles. The fourth-order valence-electron chi connectivity index (χ4n) is 2.63. The summed E-state index contributed by atoms with van der Waals surface area (Å²) in [6.07, 6.45) is 0. The SMILES string of the molecule is CCOc1cccc(C(=O)N[C@@H](C)C(C)(OC)c2ccccc2)c1. The Hall–Kier alpha value is -2.33. The second kappa shape index (κ2) is 7.97. The third kappa shape index (κ3) is 3.95. The lowest BCUT2D eigenvalue weighted by atomic mass is 9.88.